The molecule has 1 saturated carbocycles. The van der Waals surface area contributed by atoms with Crippen molar-refractivity contribution in [1.82, 2.24) is 15.2 Å². The van der Waals surface area contributed by atoms with Crippen molar-refractivity contribution in [2.24, 2.45) is 5.92 Å². The largest absolute Gasteiger partial charge is 0.394 e. The molecular weight excluding hydrogens is 473 g/mol. The van der Waals surface area contributed by atoms with Crippen LogP contribution in [0.2, 0.25) is 0 Å². The lowest BCUT2D eigenvalue weighted by molar-refractivity contribution is 0.414. The Bertz CT molecular complexity index is 1230. The van der Waals surface area contributed by atoms with Gasteiger partial charge >= 0.3 is 0 Å². The Morgan fingerprint density at radius 2 is 1.68 bits per heavy atom. The second kappa shape index (κ2) is 13.8. The minimum atomic E-state index is -0.577. The quantitative estimate of drug-likeness (QED) is 0.292. The van der Waals surface area contributed by atoms with E-state index in [4.69, 9.17) is 5.73 Å². The van der Waals surface area contributed by atoms with Gasteiger partial charge in [-0.3, -0.25) is 0 Å². The molecule has 3 aromatic rings. The van der Waals surface area contributed by atoms with Crippen LogP contribution in [0.3, 0.4) is 0 Å². The van der Waals surface area contributed by atoms with Crippen molar-refractivity contribution in [2.75, 3.05) is 51.4 Å². The number of rotatable bonds is 10. The van der Waals surface area contributed by atoms with E-state index in [0.29, 0.717) is 11.1 Å². The lowest BCUT2D eigenvalue weighted by Crippen LogP contribution is -2.31. The lowest BCUT2D eigenvalue weighted by atomic mass is 9.96. The SMILES string of the molecule is C=Cc1ccc(-c2cc(-c3ccc(N(CC)CCN(C)C)cc3)c(F)nc2N)cc1/C=C\NC.CC1CC1. The maximum atomic E-state index is 14.9. The number of pyridine rings is 1. The highest BCUT2D eigenvalue weighted by Crippen LogP contribution is 2.34. The highest BCUT2D eigenvalue weighted by atomic mass is 19.1. The van der Waals surface area contributed by atoms with Gasteiger partial charge in [0.2, 0.25) is 5.95 Å². The molecule has 3 N–H and O–H groups in total. The molecule has 4 rings (SSSR count). The molecule has 38 heavy (non-hydrogen) atoms. The van der Waals surface area contributed by atoms with Crippen LogP contribution in [0.5, 0.6) is 0 Å². The summed E-state index contributed by atoms with van der Waals surface area (Å²) in [6.45, 7) is 11.1. The molecule has 0 unspecified atom stereocenters. The van der Waals surface area contributed by atoms with Gasteiger partial charge < -0.3 is 20.9 Å². The molecule has 0 amide bonds. The third-order valence-corrected chi connectivity index (χ3v) is 6.66. The number of nitrogens with zero attached hydrogens (tertiary/aromatic N) is 3. The monoisotopic (exact) mass is 515 g/mol. The Kier molecular flexibility index (Phi) is 10.5. The van der Waals surface area contributed by atoms with Crippen LogP contribution < -0.4 is 16.0 Å². The van der Waals surface area contributed by atoms with E-state index < -0.39 is 5.95 Å². The number of nitrogen functional groups attached to an aromatic ring is 1. The smallest absolute Gasteiger partial charge is 0.222 e. The van der Waals surface area contributed by atoms with E-state index in [1.165, 1.54) is 12.8 Å². The summed E-state index contributed by atoms with van der Waals surface area (Å²) in [5.41, 5.74) is 12.0. The molecule has 6 heteroatoms. The van der Waals surface area contributed by atoms with Crippen molar-refractivity contribution in [3.05, 3.63) is 78.4 Å². The molecule has 0 atom stereocenters. The van der Waals surface area contributed by atoms with Gasteiger partial charge in [-0.15, -0.1) is 0 Å². The van der Waals surface area contributed by atoms with Crippen LogP contribution in [0.4, 0.5) is 15.9 Å². The second-order valence-electron chi connectivity index (χ2n) is 10.0. The van der Waals surface area contributed by atoms with Crippen LogP contribution >= 0.6 is 0 Å². The van der Waals surface area contributed by atoms with Crippen LogP contribution in [0.15, 0.2) is 61.3 Å². The average Bonchev–Trinajstić information content (AvgIpc) is 3.70. The van der Waals surface area contributed by atoms with Gasteiger partial charge in [0.15, 0.2) is 0 Å². The van der Waals surface area contributed by atoms with Gasteiger partial charge in [-0.2, -0.15) is 4.39 Å². The summed E-state index contributed by atoms with van der Waals surface area (Å²) in [5, 5.41) is 3.00. The molecule has 0 spiro atoms. The van der Waals surface area contributed by atoms with Crippen molar-refractivity contribution in [3.8, 4) is 22.3 Å². The van der Waals surface area contributed by atoms with Gasteiger partial charge in [0, 0.05) is 43.5 Å². The van der Waals surface area contributed by atoms with Crippen molar-refractivity contribution >= 4 is 23.7 Å². The number of likely N-dealkylation sites (N-methyl/N-ethyl adjacent to an activating group) is 2. The zero-order valence-electron chi connectivity index (χ0n) is 23.5. The summed E-state index contributed by atoms with van der Waals surface area (Å²) in [7, 11) is 5.97. The van der Waals surface area contributed by atoms with Crippen LogP contribution in [0, 0.1) is 11.9 Å². The molecule has 1 heterocycles. The Morgan fingerprint density at radius 1 is 1.03 bits per heavy atom. The molecule has 202 valence electrons. The third kappa shape index (κ3) is 7.93. The van der Waals surface area contributed by atoms with Gasteiger partial charge in [-0.05, 0) is 85.7 Å². The number of nitrogens with two attached hydrogens (primary N) is 1. The normalized spacial score (nSPS) is 12.8. The second-order valence-corrected chi connectivity index (χ2v) is 10.0. The summed E-state index contributed by atoms with van der Waals surface area (Å²) >= 11 is 0. The Balaban J connectivity index is 0.000000912. The van der Waals surface area contributed by atoms with Crippen LogP contribution in [0.1, 0.15) is 37.8 Å². The van der Waals surface area contributed by atoms with Gasteiger partial charge in [0.05, 0.1) is 0 Å². The number of nitrogens with one attached hydrogen (secondary N) is 1. The number of hydrogen-bond donors (Lipinski definition) is 2. The minimum absolute atomic E-state index is 0.161. The van der Waals surface area contributed by atoms with Gasteiger partial charge in [0.1, 0.15) is 5.82 Å². The van der Waals surface area contributed by atoms with Gasteiger partial charge in [0.25, 0.3) is 0 Å². The van der Waals surface area contributed by atoms with Crippen molar-refractivity contribution in [1.29, 1.82) is 0 Å². The fraction of sp³-hybridized carbons (Fsp3) is 0.344. The first-order valence-corrected chi connectivity index (χ1v) is 13.3. The predicted octanol–water partition coefficient (Wildman–Crippen LogP) is 6.77. The summed E-state index contributed by atoms with van der Waals surface area (Å²) < 4.78 is 14.9. The van der Waals surface area contributed by atoms with E-state index in [-0.39, 0.29) is 5.82 Å². The van der Waals surface area contributed by atoms with Crippen molar-refractivity contribution < 1.29 is 4.39 Å². The molecule has 0 saturated heterocycles. The number of hydrogen-bond acceptors (Lipinski definition) is 5. The van der Waals surface area contributed by atoms with E-state index >= 15 is 0 Å². The molecule has 1 fully saturated rings. The third-order valence-electron chi connectivity index (χ3n) is 6.66. The summed E-state index contributed by atoms with van der Waals surface area (Å²) in [5.74, 6) is 0.667. The van der Waals surface area contributed by atoms with E-state index in [1.54, 1.807) is 12.1 Å². The van der Waals surface area contributed by atoms with E-state index in [0.717, 1.165) is 53.5 Å². The van der Waals surface area contributed by atoms with E-state index in [2.05, 4.69) is 54.6 Å². The standard InChI is InChI=1S/C28H34FN5.C4H8/c1-6-20-8-9-23(18-22(20)14-15-31-3)26-19-25(27(29)32-28(26)30)21-10-12-24(13-11-21)34(7-2)17-16-33(4)5;1-4-2-3-4/h6,8-15,18-19,31H,1,7,16-17H2,2-5H3,(H2,30,32);4H,2-3H2,1H3/b15-14-;. The van der Waals surface area contributed by atoms with E-state index in [1.807, 2.05) is 61.8 Å². The molecule has 2 aromatic carbocycles. The molecule has 1 aliphatic carbocycles. The van der Waals surface area contributed by atoms with Crippen molar-refractivity contribution in [2.45, 2.75) is 26.7 Å². The summed E-state index contributed by atoms with van der Waals surface area (Å²) in [6.07, 6.45) is 8.59. The molecular formula is C32H42FN5. The fourth-order valence-electron chi connectivity index (χ4n) is 3.99. The van der Waals surface area contributed by atoms with Crippen LogP contribution in [-0.2, 0) is 0 Å². The number of anilines is 2. The fourth-order valence-corrected chi connectivity index (χ4v) is 3.99. The zero-order valence-corrected chi connectivity index (χ0v) is 23.5. The molecule has 1 aromatic heterocycles. The van der Waals surface area contributed by atoms with Crippen LogP contribution in [-0.4, -0.2) is 50.7 Å². The number of aromatic nitrogens is 1. The summed E-state index contributed by atoms with van der Waals surface area (Å²) in [4.78, 5) is 8.49. The molecule has 1 aliphatic rings. The van der Waals surface area contributed by atoms with Crippen molar-refractivity contribution in [3.63, 3.8) is 0 Å². The first-order chi connectivity index (χ1) is 18.3. The number of halogens is 1. The highest BCUT2D eigenvalue weighted by molar-refractivity contribution is 5.82. The van der Waals surface area contributed by atoms with Gasteiger partial charge in [-0.1, -0.05) is 56.7 Å². The lowest BCUT2D eigenvalue weighted by Gasteiger charge is -2.25. The Labute approximate surface area is 227 Å². The molecule has 0 aliphatic heterocycles. The number of benzene rings is 2. The zero-order chi connectivity index (χ0) is 27.7. The van der Waals surface area contributed by atoms with Gasteiger partial charge in [-0.25, -0.2) is 4.98 Å². The predicted molar refractivity (Wildman–Crippen MR) is 163 cm³/mol. The highest BCUT2D eigenvalue weighted by Gasteiger charge is 2.15. The maximum absolute atomic E-state index is 14.9. The minimum Gasteiger partial charge on any atom is -0.394 e. The first-order valence-electron chi connectivity index (χ1n) is 13.3. The molecule has 5 nitrogen and oxygen atoms in total. The average molecular weight is 516 g/mol. The first kappa shape index (κ1) is 28.9. The Hall–Kier alpha value is -3.64. The topological polar surface area (TPSA) is 57.4 Å². The molecule has 0 radical (unpaired) electrons. The van der Waals surface area contributed by atoms with Crippen LogP contribution in [0.25, 0.3) is 34.4 Å². The van der Waals surface area contributed by atoms with E-state index in [9.17, 15) is 4.39 Å². The molecule has 0 bridgehead atoms. The maximum Gasteiger partial charge on any atom is 0.222 e. The Morgan fingerprint density at radius 3 is 2.24 bits per heavy atom. The summed E-state index contributed by atoms with van der Waals surface area (Å²) in [6, 6.07) is 15.7.